The van der Waals surface area contributed by atoms with Gasteiger partial charge in [-0.1, -0.05) is 0 Å². The Morgan fingerprint density at radius 1 is 0.161 bits per heavy atom. The molecule has 200 valence electrons. The molecule has 0 amide bonds. The minimum Gasteiger partial charge on any atom is -0.418 e. The van der Waals surface area contributed by atoms with Gasteiger partial charge in [0.1, 0.15) is 0 Å². The third-order valence-corrected chi connectivity index (χ3v) is 0. The fraction of sp³-hybridized carbons (Fsp3) is 0. The standard InChI is InChI=1S/6BF4.H3N/c6*2-1(3,4)5;/h;;;;;;1H3/q6*-1;. The molecule has 0 fully saturated rings. The van der Waals surface area contributed by atoms with Gasteiger partial charge in [-0.05, 0) is 0 Å². The highest BCUT2D eigenvalue weighted by atomic mass is 19.5. The first-order valence-corrected chi connectivity index (χ1v) is 5.24. The Morgan fingerprint density at radius 3 is 0.161 bits per heavy atom. The molecule has 0 aromatic carbocycles. The minimum absolute atomic E-state index is 0. The second-order valence-corrected chi connectivity index (χ2v) is 2.97. The highest BCUT2D eigenvalue weighted by molar-refractivity contribution is 6.51. The van der Waals surface area contributed by atoms with Crippen LogP contribution < -0.4 is 6.15 Å². The van der Waals surface area contributed by atoms with E-state index in [1.165, 1.54) is 0 Å². The summed E-state index contributed by atoms with van der Waals surface area (Å²) >= 11 is 0. The molecule has 3 N–H and O–H groups in total. The summed E-state index contributed by atoms with van der Waals surface area (Å²) in [4.78, 5) is 0. The van der Waals surface area contributed by atoms with Crippen molar-refractivity contribution in [2.75, 3.05) is 0 Å². The van der Waals surface area contributed by atoms with Gasteiger partial charge in [0.05, 0.1) is 0 Å². The van der Waals surface area contributed by atoms with Gasteiger partial charge >= 0.3 is 43.5 Å². The molecule has 0 saturated heterocycles. The summed E-state index contributed by atoms with van der Waals surface area (Å²) in [6, 6.07) is 0. The van der Waals surface area contributed by atoms with E-state index in [0.717, 1.165) is 0 Å². The summed E-state index contributed by atoms with van der Waals surface area (Å²) in [6.45, 7) is 0. The Hall–Kier alpha value is -1.33. The van der Waals surface area contributed by atoms with Crippen molar-refractivity contribution in [2.45, 2.75) is 0 Å². The van der Waals surface area contributed by atoms with Gasteiger partial charge in [0, 0.05) is 0 Å². The van der Waals surface area contributed by atoms with E-state index in [4.69, 9.17) is 0 Å². The van der Waals surface area contributed by atoms with Crippen molar-refractivity contribution in [3.63, 3.8) is 0 Å². The highest BCUT2D eigenvalue weighted by Gasteiger charge is 2.22. The van der Waals surface area contributed by atoms with Gasteiger partial charge in [0.25, 0.3) is 0 Å². The molecule has 0 aliphatic rings. The Labute approximate surface area is 155 Å². The number of hydrogen-bond acceptors (Lipinski definition) is 1. The SMILES string of the molecule is F[B-](F)(F)F.F[B-](F)(F)F.F[B-](F)(F)F.F[B-](F)(F)F.F[B-](F)(F)F.F[B-](F)(F)F.N. The van der Waals surface area contributed by atoms with Gasteiger partial charge in [-0.15, -0.1) is 0 Å². The smallest absolute Gasteiger partial charge is 0.418 e. The number of halogens is 24. The van der Waals surface area contributed by atoms with Crippen LogP contribution in [-0.2, 0) is 0 Å². The first-order chi connectivity index (χ1) is 12.0. The van der Waals surface area contributed by atoms with Crippen molar-refractivity contribution in [3.8, 4) is 0 Å². The molecule has 0 aromatic rings. The Morgan fingerprint density at radius 2 is 0.161 bits per heavy atom. The van der Waals surface area contributed by atoms with Crippen molar-refractivity contribution < 1.29 is 104 Å². The summed E-state index contributed by atoms with van der Waals surface area (Å²) < 4.78 is 234. The summed E-state index contributed by atoms with van der Waals surface area (Å²) in [5.41, 5.74) is 0. The molecule has 1 nitrogen and oxygen atoms in total. The number of rotatable bonds is 0. The molecule has 0 aliphatic carbocycles. The largest absolute Gasteiger partial charge is 0.673 e. The third-order valence-electron chi connectivity index (χ3n) is 0. The van der Waals surface area contributed by atoms with Crippen LogP contribution in [0.2, 0.25) is 0 Å². The van der Waals surface area contributed by atoms with E-state index in [1.54, 1.807) is 0 Å². The van der Waals surface area contributed by atoms with Crippen LogP contribution in [0.5, 0.6) is 0 Å². The van der Waals surface area contributed by atoms with Gasteiger partial charge < -0.3 is 110 Å². The van der Waals surface area contributed by atoms with Crippen LogP contribution in [0.3, 0.4) is 0 Å². The fourth-order valence-electron chi connectivity index (χ4n) is 0. The molecule has 0 spiro atoms. The average Bonchev–Trinajstić information content (AvgIpc) is 1.94. The fourth-order valence-corrected chi connectivity index (χ4v) is 0. The summed E-state index contributed by atoms with van der Waals surface area (Å²) in [6.07, 6.45) is 0. The van der Waals surface area contributed by atoms with Crippen molar-refractivity contribution in [1.29, 1.82) is 0 Å². The molecular weight excluding hydrogens is 535 g/mol. The molecule has 31 heavy (non-hydrogen) atoms. The molecule has 0 heterocycles. The molecule has 0 rings (SSSR count). The molecule has 0 radical (unpaired) electrons. The van der Waals surface area contributed by atoms with E-state index >= 15 is 0 Å². The molecule has 0 aromatic heterocycles. The third kappa shape index (κ3) is 11500. The monoisotopic (exact) mass is 539 g/mol. The molecule has 0 atom stereocenters. The van der Waals surface area contributed by atoms with Crippen LogP contribution in [-0.4, -0.2) is 43.5 Å². The van der Waals surface area contributed by atoms with Crippen LogP contribution in [0.15, 0.2) is 0 Å². The van der Waals surface area contributed by atoms with Gasteiger partial charge in [-0.3, -0.25) is 0 Å². The lowest BCUT2D eigenvalue weighted by Gasteiger charge is -1.94. The van der Waals surface area contributed by atoms with E-state index < -0.39 is 43.5 Å². The maximum Gasteiger partial charge on any atom is 0.673 e. The van der Waals surface area contributed by atoms with E-state index in [2.05, 4.69) is 0 Å². The van der Waals surface area contributed by atoms with E-state index in [9.17, 15) is 104 Å². The molecule has 31 heteroatoms. The average molecular weight is 538 g/mol. The van der Waals surface area contributed by atoms with Crippen molar-refractivity contribution in [1.82, 2.24) is 6.15 Å². The van der Waals surface area contributed by atoms with Crippen LogP contribution >= 0.6 is 0 Å². The predicted molar refractivity (Wildman–Crippen MR) is 66.1 cm³/mol. The van der Waals surface area contributed by atoms with Crippen LogP contribution in [0.4, 0.5) is 104 Å². The van der Waals surface area contributed by atoms with Crippen LogP contribution in [0.1, 0.15) is 0 Å². The summed E-state index contributed by atoms with van der Waals surface area (Å²) in [5.74, 6) is 0. The molecule has 0 aliphatic heterocycles. The zero-order chi connectivity index (χ0) is 27.0. The Bertz CT molecular complexity index is 214. The number of hydrogen-bond donors (Lipinski definition) is 1. The van der Waals surface area contributed by atoms with E-state index in [1.807, 2.05) is 0 Å². The molecule has 0 bridgehead atoms. The van der Waals surface area contributed by atoms with Gasteiger partial charge in [-0.2, -0.15) is 0 Å². The minimum atomic E-state index is -6.00. The first kappa shape index (κ1) is 47.5. The van der Waals surface area contributed by atoms with Crippen molar-refractivity contribution in [2.24, 2.45) is 0 Å². The van der Waals surface area contributed by atoms with E-state index in [0.29, 0.717) is 0 Å². The quantitative estimate of drug-likeness (QED) is 0.247. The zero-order valence-electron chi connectivity index (χ0n) is 13.2. The van der Waals surface area contributed by atoms with Gasteiger partial charge in [-0.25, -0.2) is 0 Å². The second kappa shape index (κ2) is 18.3. The predicted octanol–water partition coefficient (Wildman–Crippen LogP) is 7.96. The highest BCUT2D eigenvalue weighted by Crippen LogP contribution is 2.09. The molecule has 0 saturated carbocycles. The second-order valence-electron chi connectivity index (χ2n) is 2.97. The maximum absolute atomic E-state index is 9.75. The van der Waals surface area contributed by atoms with Crippen molar-refractivity contribution >= 4 is 43.5 Å². The van der Waals surface area contributed by atoms with Gasteiger partial charge in [0.15, 0.2) is 0 Å². The normalized spacial score (nSPS) is 11.6. The van der Waals surface area contributed by atoms with Gasteiger partial charge in [0.2, 0.25) is 0 Å². The Balaban J connectivity index is -0.0000000443. The maximum atomic E-state index is 9.75. The zero-order valence-corrected chi connectivity index (χ0v) is 13.2. The molecule has 0 unspecified atom stereocenters. The van der Waals surface area contributed by atoms with E-state index in [-0.39, 0.29) is 6.15 Å². The van der Waals surface area contributed by atoms with Crippen molar-refractivity contribution in [3.05, 3.63) is 0 Å². The topological polar surface area (TPSA) is 35.0 Å². The first-order valence-electron chi connectivity index (χ1n) is 5.24. The van der Waals surface area contributed by atoms with Crippen LogP contribution in [0, 0.1) is 0 Å². The van der Waals surface area contributed by atoms with Crippen LogP contribution in [0.25, 0.3) is 0 Å². The Kier molecular flexibility index (Phi) is 28.0. The molecular formula is H3B6F24N-6. The lowest BCUT2D eigenvalue weighted by molar-refractivity contribution is 0.366. The lowest BCUT2D eigenvalue weighted by atomic mass is 10.3. The summed E-state index contributed by atoms with van der Waals surface area (Å²) in [7, 11) is -36.0. The summed E-state index contributed by atoms with van der Waals surface area (Å²) in [5, 5.41) is 0. The lowest BCUT2D eigenvalue weighted by Crippen LogP contribution is -2.02.